The fourth-order valence-electron chi connectivity index (χ4n) is 2.66. The quantitative estimate of drug-likeness (QED) is 0.710. The van der Waals surface area contributed by atoms with Gasteiger partial charge in [0.2, 0.25) is 0 Å². The van der Waals surface area contributed by atoms with Crippen LogP contribution >= 0.6 is 0 Å². The molecule has 0 saturated heterocycles. The first-order valence-electron chi connectivity index (χ1n) is 8.26. The summed E-state index contributed by atoms with van der Waals surface area (Å²) in [7, 11) is 1.76. The lowest BCUT2D eigenvalue weighted by molar-refractivity contribution is 0.279. The molecule has 1 unspecified atom stereocenters. The molecule has 0 aliphatic heterocycles. The van der Waals surface area contributed by atoms with Gasteiger partial charge in [0.15, 0.2) is 0 Å². The number of ether oxygens (including phenoxy) is 1. The number of hydrogen-bond donors (Lipinski definition) is 1. The van der Waals surface area contributed by atoms with Crippen molar-refractivity contribution in [3.8, 4) is 5.75 Å². The van der Waals surface area contributed by atoms with Gasteiger partial charge in [0.1, 0.15) is 5.75 Å². The number of methoxy groups -OCH3 is 1. The lowest BCUT2D eigenvalue weighted by atomic mass is 9.99. The lowest BCUT2D eigenvalue weighted by Gasteiger charge is -2.25. The summed E-state index contributed by atoms with van der Waals surface area (Å²) in [5.74, 6) is 0.994. The fourth-order valence-corrected chi connectivity index (χ4v) is 2.66. The minimum Gasteiger partial charge on any atom is -0.496 e. The van der Waals surface area contributed by atoms with Crippen LogP contribution in [0.3, 0.4) is 0 Å². The van der Waals surface area contributed by atoms with Gasteiger partial charge in [-0.1, -0.05) is 38.5 Å². The van der Waals surface area contributed by atoms with Gasteiger partial charge in [-0.15, -0.1) is 0 Å². The van der Waals surface area contributed by atoms with Gasteiger partial charge >= 0.3 is 0 Å². The molecule has 0 aliphatic rings. The van der Waals surface area contributed by atoms with Crippen LogP contribution in [0.5, 0.6) is 5.75 Å². The van der Waals surface area contributed by atoms with E-state index in [1.54, 1.807) is 7.11 Å². The Morgan fingerprint density at radius 3 is 2.48 bits per heavy atom. The van der Waals surface area contributed by atoms with E-state index in [9.17, 15) is 0 Å². The van der Waals surface area contributed by atoms with Crippen LogP contribution in [0, 0.1) is 6.92 Å². The molecule has 0 amide bonds. The van der Waals surface area contributed by atoms with E-state index in [1.807, 2.05) is 0 Å². The SMILES string of the molecule is CCCNC(CCN(CC)CC)c1cc(C)ccc1OC. The monoisotopic (exact) mass is 292 g/mol. The molecule has 3 heteroatoms. The Morgan fingerprint density at radius 1 is 1.19 bits per heavy atom. The van der Waals surface area contributed by atoms with Gasteiger partial charge in [0.25, 0.3) is 0 Å². The lowest BCUT2D eigenvalue weighted by Crippen LogP contribution is -2.30. The van der Waals surface area contributed by atoms with Crippen molar-refractivity contribution in [3.63, 3.8) is 0 Å². The van der Waals surface area contributed by atoms with Crippen LogP contribution in [0.1, 0.15) is 50.8 Å². The number of hydrogen-bond acceptors (Lipinski definition) is 3. The molecule has 1 N–H and O–H groups in total. The molecule has 0 aliphatic carbocycles. The van der Waals surface area contributed by atoms with Crippen LogP contribution in [0.2, 0.25) is 0 Å². The Kier molecular flexibility index (Phi) is 8.40. The first-order valence-corrected chi connectivity index (χ1v) is 8.26. The molecule has 0 spiro atoms. The predicted molar refractivity (Wildman–Crippen MR) is 91.2 cm³/mol. The molecule has 120 valence electrons. The summed E-state index contributed by atoms with van der Waals surface area (Å²) in [4.78, 5) is 2.48. The zero-order valence-corrected chi connectivity index (χ0v) is 14.4. The van der Waals surface area contributed by atoms with Gasteiger partial charge in [0.05, 0.1) is 7.11 Å². The van der Waals surface area contributed by atoms with Gasteiger partial charge in [-0.3, -0.25) is 0 Å². The topological polar surface area (TPSA) is 24.5 Å². The van der Waals surface area contributed by atoms with Crippen LogP contribution in [0.25, 0.3) is 0 Å². The van der Waals surface area contributed by atoms with E-state index in [0.29, 0.717) is 6.04 Å². The predicted octanol–water partition coefficient (Wildman–Crippen LogP) is 3.78. The Bertz CT molecular complexity index is 402. The summed E-state index contributed by atoms with van der Waals surface area (Å²) >= 11 is 0. The first kappa shape index (κ1) is 18.0. The van der Waals surface area contributed by atoms with Crippen LogP contribution in [-0.4, -0.2) is 38.2 Å². The third kappa shape index (κ3) is 5.68. The van der Waals surface area contributed by atoms with Gasteiger partial charge in [-0.05, 0) is 52.0 Å². The van der Waals surface area contributed by atoms with Crippen molar-refractivity contribution in [1.82, 2.24) is 10.2 Å². The zero-order chi connectivity index (χ0) is 15.7. The summed E-state index contributed by atoms with van der Waals surface area (Å²) in [6, 6.07) is 6.82. The molecule has 0 radical (unpaired) electrons. The van der Waals surface area contributed by atoms with Crippen molar-refractivity contribution in [3.05, 3.63) is 29.3 Å². The van der Waals surface area contributed by atoms with Gasteiger partial charge in [-0.2, -0.15) is 0 Å². The molecule has 1 aromatic carbocycles. The maximum atomic E-state index is 5.57. The van der Waals surface area contributed by atoms with Crippen molar-refractivity contribution in [2.24, 2.45) is 0 Å². The molecule has 1 atom stereocenters. The van der Waals surface area contributed by atoms with Crippen LogP contribution in [-0.2, 0) is 0 Å². The van der Waals surface area contributed by atoms with Crippen LogP contribution < -0.4 is 10.1 Å². The van der Waals surface area contributed by atoms with E-state index >= 15 is 0 Å². The average Bonchev–Trinajstić information content (AvgIpc) is 2.51. The summed E-state index contributed by atoms with van der Waals surface area (Å²) in [6.07, 6.45) is 2.26. The number of rotatable bonds is 10. The van der Waals surface area contributed by atoms with E-state index in [4.69, 9.17) is 4.74 Å². The smallest absolute Gasteiger partial charge is 0.123 e. The Morgan fingerprint density at radius 2 is 1.90 bits per heavy atom. The molecule has 0 heterocycles. The largest absolute Gasteiger partial charge is 0.496 e. The van der Waals surface area contributed by atoms with Crippen molar-refractivity contribution >= 4 is 0 Å². The summed E-state index contributed by atoms with van der Waals surface area (Å²) in [6.45, 7) is 13.2. The molecular formula is C18H32N2O. The molecule has 0 fully saturated rings. The van der Waals surface area contributed by atoms with Crippen molar-refractivity contribution in [1.29, 1.82) is 0 Å². The van der Waals surface area contributed by atoms with E-state index < -0.39 is 0 Å². The highest BCUT2D eigenvalue weighted by Gasteiger charge is 2.16. The van der Waals surface area contributed by atoms with Gasteiger partial charge in [-0.25, -0.2) is 0 Å². The van der Waals surface area contributed by atoms with E-state index in [-0.39, 0.29) is 0 Å². The average molecular weight is 292 g/mol. The van der Waals surface area contributed by atoms with Gasteiger partial charge in [0, 0.05) is 11.6 Å². The third-order valence-electron chi connectivity index (χ3n) is 4.03. The molecule has 1 aromatic rings. The zero-order valence-electron chi connectivity index (χ0n) is 14.4. The van der Waals surface area contributed by atoms with Crippen LogP contribution in [0.4, 0.5) is 0 Å². The third-order valence-corrected chi connectivity index (χ3v) is 4.03. The highest BCUT2D eigenvalue weighted by molar-refractivity contribution is 5.39. The number of aryl methyl sites for hydroxylation is 1. The van der Waals surface area contributed by atoms with Crippen LogP contribution in [0.15, 0.2) is 18.2 Å². The molecule has 0 aromatic heterocycles. The number of benzene rings is 1. The second-order valence-electron chi connectivity index (χ2n) is 5.57. The minimum atomic E-state index is 0.361. The fraction of sp³-hybridized carbons (Fsp3) is 0.667. The maximum absolute atomic E-state index is 5.57. The molecule has 3 nitrogen and oxygen atoms in total. The normalized spacial score (nSPS) is 12.7. The standard InChI is InChI=1S/C18H32N2O/c1-6-12-19-17(11-13-20(7-2)8-3)16-14-15(4)9-10-18(16)21-5/h9-10,14,17,19H,6-8,11-13H2,1-5H3. The molecule has 0 saturated carbocycles. The maximum Gasteiger partial charge on any atom is 0.123 e. The van der Waals surface area contributed by atoms with Crippen molar-refractivity contribution in [2.75, 3.05) is 33.3 Å². The molecule has 1 rings (SSSR count). The van der Waals surface area contributed by atoms with E-state index in [1.165, 1.54) is 11.1 Å². The second-order valence-corrected chi connectivity index (χ2v) is 5.57. The Balaban J connectivity index is 2.87. The van der Waals surface area contributed by atoms with Crippen molar-refractivity contribution < 1.29 is 4.74 Å². The van der Waals surface area contributed by atoms with E-state index in [0.717, 1.165) is 44.8 Å². The van der Waals surface area contributed by atoms with E-state index in [2.05, 4.69) is 56.1 Å². The Hall–Kier alpha value is -1.06. The van der Waals surface area contributed by atoms with Crippen molar-refractivity contribution in [2.45, 2.75) is 46.6 Å². The first-order chi connectivity index (χ1) is 10.2. The highest BCUT2D eigenvalue weighted by atomic mass is 16.5. The summed E-state index contributed by atoms with van der Waals surface area (Å²) in [5, 5.41) is 3.68. The molecular weight excluding hydrogens is 260 g/mol. The molecule has 21 heavy (non-hydrogen) atoms. The molecule has 0 bridgehead atoms. The number of nitrogens with one attached hydrogen (secondary N) is 1. The van der Waals surface area contributed by atoms with Gasteiger partial charge < -0.3 is 15.0 Å². The second kappa shape index (κ2) is 9.80. The number of nitrogens with zero attached hydrogens (tertiary/aromatic N) is 1. The summed E-state index contributed by atoms with van der Waals surface area (Å²) < 4.78 is 5.57. The Labute approximate surface area is 130 Å². The summed E-state index contributed by atoms with van der Waals surface area (Å²) in [5.41, 5.74) is 2.58. The highest BCUT2D eigenvalue weighted by Crippen LogP contribution is 2.28. The minimum absolute atomic E-state index is 0.361.